The molecule has 49 heavy (non-hydrogen) atoms. The lowest BCUT2D eigenvalue weighted by Crippen LogP contribution is -2.37. The van der Waals surface area contributed by atoms with Crippen molar-refractivity contribution in [1.29, 1.82) is 0 Å². The molecule has 0 fully saturated rings. The number of hydrogen-bond donors (Lipinski definition) is 2. The number of benzene rings is 6. The molecule has 0 heterocycles. The third kappa shape index (κ3) is 6.82. The van der Waals surface area contributed by atoms with Crippen LogP contribution in [0.4, 0.5) is 5.69 Å². The summed E-state index contributed by atoms with van der Waals surface area (Å²) in [6.45, 7) is 0. The van der Waals surface area contributed by atoms with Gasteiger partial charge in [0.1, 0.15) is 28.5 Å². The Morgan fingerprint density at radius 3 is 1.39 bits per heavy atom. The number of amides is 2. The van der Waals surface area contributed by atoms with Crippen molar-refractivity contribution >= 4 is 52.0 Å². The highest BCUT2D eigenvalue weighted by molar-refractivity contribution is 8.03. The van der Waals surface area contributed by atoms with E-state index in [0.29, 0.717) is 10.9 Å². The standard InChI is InChI=1S/C42H33N2O4P/c1-48-42(47)36-29-17-18-30-37(36)43-41(46)38(44-40(45)32-21-9-3-10-22-32)39(31-19-7-2-8-20-31)49(33-23-11-4-12-24-33,34-25-13-5-14-26-34)35-27-15-6-16-28-35/h2-30H,1H3,(H-,43,44,45,46,47)/p+1/b39-38+. The Hall–Kier alpha value is -6.10. The Morgan fingerprint density at radius 2 is 0.918 bits per heavy atom. The van der Waals surface area contributed by atoms with Gasteiger partial charge in [0.05, 0.1) is 18.4 Å². The number of para-hydroxylation sites is 1. The largest absolute Gasteiger partial charge is 0.465 e. The van der Waals surface area contributed by atoms with Crippen LogP contribution >= 0.6 is 7.26 Å². The number of carbonyl (C=O) groups excluding carboxylic acids is 3. The number of anilines is 1. The predicted octanol–water partition coefficient (Wildman–Crippen LogP) is 7.20. The summed E-state index contributed by atoms with van der Waals surface area (Å²) >= 11 is 0. The molecule has 6 aromatic carbocycles. The number of nitrogens with one attached hydrogen (secondary N) is 2. The van der Waals surface area contributed by atoms with Gasteiger partial charge in [0.2, 0.25) is 0 Å². The van der Waals surface area contributed by atoms with E-state index in [1.165, 1.54) is 7.11 Å². The van der Waals surface area contributed by atoms with Crippen molar-refractivity contribution < 1.29 is 19.1 Å². The van der Waals surface area contributed by atoms with E-state index in [0.717, 1.165) is 21.5 Å². The molecule has 2 amide bonds. The maximum atomic E-state index is 15.0. The van der Waals surface area contributed by atoms with E-state index in [1.807, 2.05) is 91.0 Å². The lowest BCUT2D eigenvalue weighted by molar-refractivity contribution is -0.113. The van der Waals surface area contributed by atoms with Gasteiger partial charge in [-0.2, -0.15) is 0 Å². The van der Waals surface area contributed by atoms with Gasteiger partial charge in [-0.1, -0.05) is 115 Å². The Labute approximate surface area is 286 Å². The zero-order valence-corrected chi connectivity index (χ0v) is 27.7. The average molecular weight is 662 g/mol. The highest BCUT2D eigenvalue weighted by Gasteiger charge is 2.52. The molecule has 0 bridgehead atoms. The summed E-state index contributed by atoms with van der Waals surface area (Å²) in [7, 11) is -1.68. The van der Waals surface area contributed by atoms with Crippen LogP contribution in [-0.4, -0.2) is 24.9 Å². The SMILES string of the molecule is COC(=O)c1ccccc1NC(=O)/C(NC(=O)c1ccccc1)=C(/c1ccccc1)[P+](c1ccccc1)(c1ccccc1)c1ccccc1. The molecule has 0 saturated heterocycles. The van der Waals surface area contributed by atoms with E-state index in [2.05, 4.69) is 47.0 Å². The van der Waals surface area contributed by atoms with E-state index in [-0.39, 0.29) is 16.9 Å². The molecular formula is C42H34N2O4P+. The summed E-state index contributed by atoms with van der Waals surface area (Å²) in [6, 6.07) is 55.5. The topological polar surface area (TPSA) is 84.5 Å². The molecule has 0 unspecified atom stereocenters. The molecule has 0 saturated carbocycles. The van der Waals surface area contributed by atoms with Crippen molar-refractivity contribution in [2.75, 3.05) is 12.4 Å². The minimum Gasteiger partial charge on any atom is -0.465 e. The molecule has 0 radical (unpaired) electrons. The van der Waals surface area contributed by atoms with Gasteiger partial charge in [-0.25, -0.2) is 4.79 Å². The molecule has 6 nitrogen and oxygen atoms in total. The molecule has 0 spiro atoms. The van der Waals surface area contributed by atoms with Gasteiger partial charge >= 0.3 is 5.97 Å². The zero-order chi connectivity index (χ0) is 34.1. The van der Waals surface area contributed by atoms with Crippen LogP contribution in [0, 0.1) is 0 Å². The first kappa shape index (κ1) is 32.8. The Bertz CT molecular complexity index is 1990. The highest BCUT2D eigenvalue weighted by Crippen LogP contribution is 2.67. The van der Waals surface area contributed by atoms with E-state index < -0.39 is 25.0 Å². The van der Waals surface area contributed by atoms with Crippen LogP contribution in [0.3, 0.4) is 0 Å². The summed E-state index contributed by atoms with van der Waals surface area (Å²) in [5.41, 5.74) is 1.64. The smallest absolute Gasteiger partial charge is 0.339 e. The lowest BCUT2D eigenvalue weighted by Gasteiger charge is -2.31. The van der Waals surface area contributed by atoms with Crippen LogP contribution in [0.2, 0.25) is 0 Å². The van der Waals surface area contributed by atoms with Gasteiger partial charge in [0.25, 0.3) is 11.8 Å². The maximum Gasteiger partial charge on any atom is 0.339 e. The summed E-state index contributed by atoms with van der Waals surface area (Å²) in [5, 5.41) is 9.64. The van der Waals surface area contributed by atoms with Crippen molar-refractivity contribution in [2.45, 2.75) is 0 Å². The van der Waals surface area contributed by atoms with E-state index in [4.69, 9.17) is 4.74 Å². The van der Waals surface area contributed by atoms with Crippen LogP contribution in [0.5, 0.6) is 0 Å². The number of rotatable bonds is 10. The number of ether oxygens (including phenoxy) is 1. The molecule has 0 aliphatic heterocycles. The minimum atomic E-state index is -2.97. The summed E-state index contributed by atoms with van der Waals surface area (Å²) in [5.74, 6) is -1.64. The summed E-state index contributed by atoms with van der Waals surface area (Å²) in [6.07, 6.45) is 0. The normalized spacial score (nSPS) is 11.5. The minimum absolute atomic E-state index is 0.0598. The highest BCUT2D eigenvalue weighted by atomic mass is 31.2. The van der Waals surface area contributed by atoms with E-state index >= 15 is 0 Å². The van der Waals surface area contributed by atoms with Crippen LogP contribution in [0.25, 0.3) is 5.31 Å². The Kier molecular flexibility index (Phi) is 10.2. The van der Waals surface area contributed by atoms with Crippen LogP contribution in [-0.2, 0) is 9.53 Å². The van der Waals surface area contributed by atoms with Crippen LogP contribution in [0.1, 0.15) is 26.3 Å². The molecule has 6 aromatic rings. The molecule has 240 valence electrons. The Balaban J connectivity index is 1.74. The summed E-state index contributed by atoms with van der Waals surface area (Å²) in [4.78, 5) is 41.9. The van der Waals surface area contributed by atoms with Crippen LogP contribution < -0.4 is 26.5 Å². The fourth-order valence-electron chi connectivity index (χ4n) is 5.95. The number of methoxy groups -OCH3 is 1. The predicted molar refractivity (Wildman–Crippen MR) is 199 cm³/mol. The quantitative estimate of drug-likeness (QED) is 0.0924. The molecular weight excluding hydrogens is 627 g/mol. The van der Waals surface area contributed by atoms with Crippen LogP contribution in [0.15, 0.2) is 182 Å². The lowest BCUT2D eigenvalue weighted by atomic mass is 10.1. The van der Waals surface area contributed by atoms with Crippen molar-refractivity contribution in [2.24, 2.45) is 0 Å². The second-order valence-electron chi connectivity index (χ2n) is 11.1. The maximum absolute atomic E-state index is 15.0. The summed E-state index contributed by atoms with van der Waals surface area (Å²) < 4.78 is 5.02. The van der Waals surface area contributed by atoms with Gasteiger partial charge in [0.15, 0.2) is 5.70 Å². The van der Waals surface area contributed by atoms with Gasteiger partial charge in [-0.15, -0.1) is 0 Å². The second-order valence-corrected chi connectivity index (χ2v) is 14.4. The van der Waals surface area contributed by atoms with Gasteiger partial charge < -0.3 is 15.4 Å². The van der Waals surface area contributed by atoms with E-state index in [9.17, 15) is 14.4 Å². The molecule has 0 aromatic heterocycles. The first-order valence-corrected chi connectivity index (χ1v) is 17.5. The van der Waals surface area contributed by atoms with Gasteiger partial charge in [-0.05, 0) is 60.7 Å². The molecule has 0 aliphatic rings. The van der Waals surface area contributed by atoms with Crippen molar-refractivity contribution in [3.05, 3.63) is 198 Å². The second kappa shape index (κ2) is 15.2. The number of carbonyl (C=O) groups is 3. The van der Waals surface area contributed by atoms with Gasteiger partial charge in [-0.3, -0.25) is 9.59 Å². The molecule has 2 N–H and O–H groups in total. The van der Waals surface area contributed by atoms with Gasteiger partial charge in [0, 0.05) is 11.1 Å². The fraction of sp³-hybridized carbons (Fsp3) is 0.0238. The average Bonchev–Trinajstić information content (AvgIpc) is 3.17. The first-order valence-electron chi connectivity index (χ1n) is 15.7. The number of esters is 1. The number of hydrogen-bond acceptors (Lipinski definition) is 4. The third-order valence-corrected chi connectivity index (χ3v) is 12.5. The zero-order valence-electron chi connectivity index (χ0n) is 26.8. The van der Waals surface area contributed by atoms with Crippen molar-refractivity contribution in [3.63, 3.8) is 0 Å². The third-order valence-electron chi connectivity index (χ3n) is 8.13. The van der Waals surface area contributed by atoms with Crippen molar-refractivity contribution in [3.8, 4) is 0 Å². The first-order chi connectivity index (χ1) is 24.0. The monoisotopic (exact) mass is 661 g/mol. The Morgan fingerprint density at radius 1 is 0.510 bits per heavy atom. The molecule has 0 atom stereocenters. The molecule has 0 aliphatic carbocycles. The fourth-order valence-corrected chi connectivity index (χ4v) is 10.5. The van der Waals surface area contributed by atoms with Crippen molar-refractivity contribution in [1.82, 2.24) is 5.32 Å². The molecule has 7 heteroatoms. The molecule has 6 rings (SSSR count). The van der Waals surface area contributed by atoms with E-state index in [1.54, 1.807) is 48.5 Å².